The molecule has 0 aliphatic heterocycles. The monoisotopic (exact) mass is 353 g/mol. The van der Waals surface area contributed by atoms with E-state index < -0.39 is 5.97 Å². The minimum absolute atomic E-state index is 0.0201. The molecule has 0 atom stereocenters. The topological polar surface area (TPSA) is 108 Å². The number of hydrogen-bond acceptors (Lipinski definition) is 3. The first-order chi connectivity index (χ1) is 12.0. The van der Waals surface area contributed by atoms with E-state index >= 15 is 0 Å². The van der Waals surface area contributed by atoms with E-state index in [2.05, 4.69) is 16.0 Å². The van der Waals surface area contributed by atoms with Crippen LogP contribution < -0.4 is 16.0 Å². The van der Waals surface area contributed by atoms with Gasteiger partial charge in [-0.3, -0.25) is 9.59 Å². The lowest BCUT2D eigenvalue weighted by atomic mass is 9.86. The highest BCUT2D eigenvalue weighted by Crippen LogP contribution is 2.24. The number of urea groups is 1. The van der Waals surface area contributed by atoms with Crippen LogP contribution in [0.2, 0.25) is 0 Å². The maximum Gasteiger partial charge on any atom is 0.315 e. The van der Waals surface area contributed by atoms with Gasteiger partial charge in [-0.1, -0.05) is 19.3 Å². The normalized spacial score (nSPS) is 24.3. The second kappa shape index (κ2) is 10.3. The fraction of sp³-hybridized carbons (Fsp3) is 0.833. The molecule has 0 aromatic heterocycles. The lowest BCUT2D eigenvalue weighted by molar-refractivity contribution is -0.142. The van der Waals surface area contributed by atoms with Crippen molar-refractivity contribution in [1.29, 1.82) is 0 Å². The molecule has 0 heterocycles. The smallest absolute Gasteiger partial charge is 0.315 e. The van der Waals surface area contributed by atoms with Crippen LogP contribution in [0.4, 0.5) is 4.79 Å². The third kappa shape index (κ3) is 7.32. The number of carbonyl (C=O) groups is 3. The van der Waals surface area contributed by atoms with Crippen LogP contribution in [0.25, 0.3) is 0 Å². The number of carbonyl (C=O) groups excluding carboxylic acids is 2. The molecule has 0 radical (unpaired) electrons. The highest BCUT2D eigenvalue weighted by Gasteiger charge is 2.26. The molecule has 0 aromatic carbocycles. The second-order valence-electron chi connectivity index (χ2n) is 7.29. The van der Waals surface area contributed by atoms with E-state index in [9.17, 15) is 14.4 Å². The Labute approximate surface area is 149 Å². The van der Waals surface area contributed by atoms with Crippen LogP contribution >= 0.6 is 0 Å². The predicted molar refractivity (Wildman–Crippen MR) is 94.2 cm³/mol. The zero-order valence-electron chi connectivity index (χ0n) is 14.9. The van der Waals surface area contributed by atoms with Crippen LogP contribution in [0.3, 0.4) is 0 Å². The molecule has 2 saturated carbocycles. The molecule has 25 heavy (non-hydrogen) atoms. The third-order valence-corrected chi connectivity index (χ3v) is 5.25. The Bertz CT molecular complexity index is 455. The minimum Gasteiger partial charge on any atom is -0.481 e. The maximum atomic E-state index is 11.9. The van der Waals surface area contributed by atoms with E-state index in [0.29, 0.717) is 32.2 Å². The van der Waals surface area contributed by atoms with Gasteiger partial charge in [0, 0.05) is 25.0 Å². The Hall–Kier alpha value is -1.79. The van der Waals surface area contributed by atoms with Crippen LogP contribution in [0.5, 0.6) is 0 Å². The first kappa shape index (κ1) is 19.5. The number of carboxylic acids is 1. The zero-order chi connectivity index (χ0) is 18.1. The Kier molecular flexibility index (Phi) is 8.01. The molecule has 2 aliphatic rings. The molecule has 2 rings (SSSR count). The summed E-state index contributed by atoms with van der Waals surface area (Å²) in [6.07, 6.45) is 9.42. The molecule has 0 aromatic rings. The minimum atomic E-state index is -0.734. The molecule has 142 valence electrons. The van der Waals surface area contributed by atoms with E-state index in [1.807, 2.05) is 0 Å². The van der Waals surface area contributed by atoms with Gasteiger partial charge in [0.25, 0.3) is 0 Å². The molecule has 0 saturated heterocycles. The summed E-state index contributed by atoms with van der Waals surface area (Å²) in [6.45, 7) is 0.484. The summed E-state index contributed by atoms with van der Waals surface area (Å²) in [5.41, 5.74) is 0. The number of rotatable bonds is 7. The van der Waals surface area contributed by atoms with Gasteiger partial charge < -0.3 is 21.1 Å². The van der Waals surface area contributed by atoms with Crippen LogP contribution in [0.15, 0.2) is 0 Å². The van der Waals surface area contributed by atoms with Crippen LogP contribution in [-0.2, 0) is 9.59 Å². The molecular formula is C18H31N3O4. The van der Waals surface area contributed by atoms with Crippen molar-refractivity contribution >= 4 is 17.9 Å². The van der Waals surface area contributed by atoms with Crippen LogP contribution in [0, 0.1) is 5.92 Å². The Morgan fingerprint density at radius 3 is 2.12 bits per heavy atom. The quantitative estimate of drug-likeness (QED) is 0.526. The van der Waals surface area contributed by atoms with Gasteiger partial charge in [-0.15, -0.1) is 0 Å². The first-order valence-electron chi connectivity index (χ1n) is 9.61. The largest absolute Gasteiger partial charge is 0.481 e. The van der Waals surface area contributed by atoms with E-state index in [-0.39, 0.29) is 29.9 Å². The maximum absolute atomic E-state index is 11.9. The molecule has 0 bridgehead atoms. The molecule has 4 N–H and O–H groups in total. The summed E-state index contributed by atoms with van der Waals surface area (Å²) < 4.78 is 0. The highest BCUT2D eigenvalue weighted by atomic mass is 16.4. The van der Waals surface area contributed by atoms with Gasteiger partial charge in [-0.05, 0) is 44.9 Å². The van der Waals surface area contributed by atoms with E-state index in [1.165, 1.54) is 19.3 Å². The van der Waals surface area contributed by atoms with Gasteiger partial charge in [0.05, 0.1) is 5.92 Å². The molecule has 2 fully saturated rings. The number of aliphatic carboxylic acids is 1. The van der Waals surface area contributed by atoms with Crippen LogP contribution in [-0.4, -0.2) is 41.6 Å². The average Bonchev–Trinajstić information content (AvgIpc) is 2.60. The summed E-state index contributed by atoms with van der Waals surface area (Å²) in [5, 5.41) is 17.7. The highest BCUT2D eigenvalue weighted by molar-refractivity contribution is 5.77. The Morgan fingerprint density at radius 1 is 0.840 bits per heavy atom. The summed E-state index contributed by atoms with van der Waals surface area (Å²) in [5.74, 6) is -1.02. The molecule has 3 amide bonds. The molecular weight excluding hydrogens is 322 g/mol. The Morgan fingerprint density at radius 2 is 1.48 bits per heavy atom. The van der Waals surface area contributed by atoms with Crippen molar-refractivity contribution in [1.82, 2.24) is 16.0 Å². The molecule has 2 aliphatic carbocycles. The second-order valence-corrected chi connectivity index (χ2v) is 7.29. The van der Waals surface area contributed by atoms with Gasteiger partial charge in [0.1, 0.15) is 0 Å². The van der Waals surface area contributed by atoms with Gasteiger partial charge in [-0.25, -0.2) is 4.79 Å². The molecule has 0 unspecified atom stereocenters. The van der Waals surface area contributed by atoms with Gasteiger partial charge in [0.15, 0.2) is 0 Å². The fourth-order valence-corrected chi connectivity index (χ4v) is 3.72. The lowest BCUT2D eigenvalue weighted by Gasteiger charge is -2.26. The summed E-state index contributed by atoms with van der Waals surface area (Å²) in [4.78, 5) is 34.6. The van der Waals surface area contributed by atoms with Crippen molar-refractivity contribution in [3.63, 3.8) is 0 Å². The summed E-state index contributed by atoms with van der Waals surface area (Å²) in [6, 6.07) is 0.239. The molecule has 7 nitrogen and oxygen atoms in total. The van der Waals surface area contributed by atoms with Gasteiger partial charge >= 0.3 is 12.0 Å². The van der Waals surface area contributed by atoms with Crippen molar-refractivity contribution < 1.29 is 19.5 Å². The summed E-state index contributed by atoms with van der Waals surface area (Å²) >= 11 is 0. The van der Waals surface area contributed by atoms with E-state index in [0.717, 1.165) is 25.7 Å². The van der Waals surface area contributed by atoms with Crippen molar-refractivity contribution in [3.8, 4) is 0 Å². The fourth-order valence-electron chi connectivity index (χ4n) is 3.72. The standard InChI is InChI=1S/C18H31N3O4/c22-16(20-15-10-8-13(9-11-15)17(23)24)7-4-12-19-18(25)21-14-5-2-1-3-6-14/h13-15H,1-12H2,(H,20,22)(H,23,24)(H2,19,21,25). The van der Waals surface area contributed by atoms with Crippen molar-refractivity contribution in [2.45, 2.75) is 82.7 Å². The Balaban J connectivity index is 1.50. The molecule has 0 spiro atoms. The summed E-state index contributed by atoms with van der Waals surface area (Å²) in [7, 11) is 0. The third-order valence-electron chi connectivity index (χ3n) is 5.25. The SMILES string of the molecule is O=C(CCCNC(=O)NC1CCCCC1)NC1CCC(C(=O)O)CC1. The lowest BCUT2D eigenvalue weighted by Crippen LogP contribution is -2.43. The number of hydrogen-bond donors (Lipinski definition) is 4. The van der Waals surface area contributed by atoms with Crippen molar-refractivity contribution in [2.75, 3.05) is 6.54 Å². The van der Waals surface area contributed by atoms with E-state index in [4.69, 9.17) is 5.11 Å². The molecule has 7 heteroatoms. The predicted octanol–water partition coefficient (Wildman–Crippen LogP) is 2.16. The number of amides is 3. The number of carboxylic acid groups (broad SMARTS) is 1. The van der Waals surface area contributed by atoms with E-state index in [1.54, 1.807) is 0 Å². The number of nitrogens with one attached hydrogen (secondary N) is 3. The van der Waals surface area contributed by atoms with Crippen LogP contribution in [0.1, 0.15) is 70.6 Å². The first-order valence-corrected chi connectivity index (χ1v) is 9.61. The average molecular weight is 353 g/mol. The van der Waals surface area contributed by atoms with Gasteiger partial charge in [0.2, 0.25) is 5.91 Å². The zero-order valence-corrected chi connectivity index (χ0v) is 14.9. The van der Waals surface area contributed by atoms with Crippen molar-refractivity contribution in [2.24, 2.45) is 5.92 Å². The van der Waals surface area contributed by atoms with Crippen molar-refractivity contribution in [3.05, 3.63) is 0 Å². The van der Waals surface area contributed by atoms with Gasteiger partial charge in [-0.2, -0.15) is 0 Å².